The molecule has 0 atom stereocenters. The molecule has 0 unspecified atom stereocenters. The second-order valence-electron chi connectivity index (χ2n) is 8.74. The third-order valence-corrected chi connectivity index (χ3v) is 6.24. The van der Waals surface area contributed by atoms with Crippen molar-refractivity contribution in [1.29, 1.82) is 0 Å². The van der Waals surface area contributed by atoms with Crippen LogP contribution in [0.25, 0.3) is 21.9 Å². The van der Waals surface area contributed by atoms with E-state index in [-0.39, 0.29) is 5.43 Å². The van der Waals surface area contributed by atoms with Gasteiger partial charge in [0.2, 0.25) is 5.88 Å². The zero-order chi connectivity index (χ0) is 23.7. The van der Waals surface area contributed by atoms with E-state index in [4.69, 9.17) is 18.6 Å². The minimum Gasteiger partial charge on any atom is -0.493 e. The first-order valence-electron chi connectivity index (χ1n) is 11.4. The average molecular weight is 462 g/mol. The molecule has 0 aliphatic carbocycles. The molecule has 1 saturated heterocycles. The molecule has 2 aromatic heterocycles. The van der Waals surface area contributed by atoms with Crippen molar-refractivity contribution in [3.63, 3.8) is 0 Å². The SMILES string of the molecule is COc1cc2c(Oc3ccc4c(=O)cc(C)oc4c3)ncnc2cc1OCC1CCN(C)CC1. The Kier molecular flexibility index (Phi) is 6.06. The highest BCUT2D eigenvalue weighted by Crippen LogP contribution is 2.37. The number of aromatic nitrogens is 2. The summed E-state index contributed by atoms with van der Waals surface area (Å²) in [5.74, 6) is 3.20. The summed E-state index contributed by atoms with van der Waals surface area (Å²) in [4.78, 5) is 23.2. The first kappa shape index (κ1) is 22.2. The van der Waals surface area contributed by atoms with Crippen LogP contribution in [0.4, 0.5) is 0 Å². The van der Waals surface area contributed by atoms with Crippen molar-refractivity contribution in [3.05, 3.63) is 58.7 Å². The molecule has 5 rings (SSSR count). The van der Waals surface area contributed by atoms with Gasteiger partial charge in [0.25, 0.3) is 0 Å². The van der Waals surface area contributed by atoms with Gasteiger partial charge < -0.3 is 23.5 Å². The molecule has 0 saturated carbocycles. The Hall–Kier alpha value is -3.65. The van der Waals surface area contributed by atoms with Gasteiger partial charge in [-0.05, 0) is 64.0 Å². The molecule has 0 N–H and O–H groups in total. The first-order chi connectivity index (χ1) is 16.5. The van der Waals surface area contributed by atoms with Gasteiger partial charge in [-0.1, -0.05) is 0 Å². The zero-order valence-electron chi connectivity index (χ0n) is 19.5. The molecule has 0 bridgehead atoms. The Balaban J connectivity index is 1.42. The average Bonchev–Trinajstić information content (AvgIpc) is 2.83. The fourth-order valence-electron chi connectivity index (χ4n) is 4.26. The summed E-state index contributed by atoms with van der Waals surface area (Å²) in [5.41, 5.74) is 1.06. The van der Waals surface area contributed by atoms with Crippen LogP contribution in [0.1, 0.15) is 18.6 Å². The van der Waals surface area contributed by atoms with Crippen LogP contribution in [0.5, 0.6) is 23.1 Å². The number of likely N-dealkylation sites (tertiary alicyclic amines) is 1. The van der Waals surface area contributed by atoms with E-state index in [2.05, 4.69) is 21.9 Å². The molecule has 1 aliphatic rings. The Morgan fingerprint density at radius 3 is 2.68 bits per heavy atom. The molecule has 1 aliphatic heterocycles. The molecule has 1 fully saturated rings. The fourth-order valence-corrected chi connectivity index (χ4v) is 4.26. The smallest absolute Gasteiger partial charge is 0.230 e. The van der Waals surface area contributed by atoms with E-state index in [1.807, 2.05) is 12.1 Å². The van der Waals surface area contributed by atoms with Crippen molar-refractivity contribution in [3.8, 4) is 23.1 Å². The standard InChI is InChI=1S/C26H27N3O5/c1-16-10-22(30)19-5-4-18(11-23(19)33-16)34-26-20-12-24(31-3)25(13-21(20)27-15-28-26)32-14-17-6-8-29(2)9-7-17/h4-5,10-13,15,17H,6-9,14H2,1-3H3. The summed E-state index contributed by atoms with van der Waals surface area (Å²) >= 11 is 0. The van der Waals surface area contributed by atoms with Gasteiger partial charge in [0, 0.05) is 18.2 Å². The fraction of sp³-hybridized carbons (Fsp3) is 0.346. The second-order valence-corrected chi connectivity index (χ2v) is 8.74. The summed E-state index contributed by atoms with van der Waals surface area (Å²) in [6.45, 7) is 4.57. The molecule has 2 aromatic carbocycles. The molecule has 0 amide bonds. The van der Waals surface area contributed by atoms with Crippen LogP contribution in [0, 0.1) is 12.8 Å². The second kappa shape index (κ2) is 9.30. The van der Waals surface area contributed by atoms with Gasteiger partial charge in [-0.15, -0.1) is 0 Å². The number of fused-ring (bicyclic) bond motifs is 2. The molecule has 176 valence electrons. The van der Waals surface area contributed by atoms with Crippen LogP contribution >= 0.6 is 0 Å². The minimum atomic E-state index is -0.0877. The predicted octanol–water partition coefficient (Wildman–Crippen LogP) is 4.57. The van der Waals surface area contributed by atoms with Crippen molar-refractivity contribution in [2.24, 2.45) is 5.92 Å². The highest BCUT2D eigenvalue weighted by molar-refractivity contribution is 5.87. The lowest BCUT2D eigenvalue weighted by Gasteiger charge is -2.28. The predicted molar refractivity (Wildman–Crippen MR) is 129 cm³/mol. The highest BCUT2D eigenvalue weighted by atomic mass is 16.5. The van der Waals surface area contributed by atoms with E-state index in [9.17, 15) is 4.79 Å². The normalized spacial score (nSPS) is 15.0. The Bertz CT molecular complexity index is 1390. The van der Waals surface area contributed by atoms with Gasteiger partial charge in [0.1, 0.15) is 23.4 Å². The molecular weight excluding hydrogens is 434 g/mol. The summed E-state index contributed by atoms with van der Waals surface area (Å²) in [7, 11) is 3.76. The number of benzene rings is 2. The van der Waals surface area contributed by atoms with Crippen molar-refractivity contribution >= 4 is 21.9 Å². The molecule has 0 radical (unpaired) electrons. The van der Waals surface area contributed by atoms with Crippen LogP contribution in [0.15, 0.2) is 51.9 Å². The van der Waals surface area contributed by atoms with Crippen molar-refractivity contribution < 1.29 is 18.6 Å². The highest BCUT2D eigenvalue weighted by Gasteiger charge is 2.19. The largest absolute Gasteiger partial charge is 0.493 e. The maximum Gasteiger partial charge on any atom is 0.230 e. The number of methoxy groups -OCH3 is 1. The van der Waals surface area contributed by atoms with E-state index in [0.29, 0.717) is 63.3 Å². The van der Waals surface area contributed by atoms with Gasteiger partial charge in [-0.2, -0.15) is 0 Å². The molecule has 8 nitrogen and oxygen atoms in total. The lowest BCUT2D eigenvalue weighted by molar-refractivity contribution is 0.157. The Morgan fingerprint density at radius 2 is 1.88 bits per heavy atom. The van der Waals surface area contributed by atoms with Crippen molar-refractivity contribution in [2.75, 3.05) is 33.9 Å². The lowest BCUT2D eigenvalue weighted by atomic mass is 9.98. The van der Waals surface area contributed by atoms with Gasteiger partial charge >= 0.3 is 0 Å². The number of piperidine rings is 1. The van der Waals surface area contributed by atoms with Crippen molar-refractivity contribution in [2.45, 2.75) is 19.8 Å². The number of aryl methyl sites for hydroxylation is 1. The van der Waals surface area contributed by atoms with E-state index >= 15 is 0 Å². The summed E-state index contributed by atoms with van der Waals surface area (Å²) in [6, 6.07) is 10.3. The van der Waals surface area contributed by atoms with Crippen molar-refractivity contribution in [1.82, 2.24) is 14.9 Å². The lowest BCUT2D eigenvalue weighted by Crippen LogP contribution is -2.32. The van der Waals surface area contributed by atoms with Gasteiger partial charge in [0.05, 0.1) is 30.0 Å². The number of hydrogen-bond donors (Lipinski definition) is 0. The minimum absolute atomic E-state index is 0.0877. The third-order valence-electron chi connectivity index (χ3n) is 6.24. The number of nitrogens with zero attached hydrogens (tertiary/aromatic N) is 3. The zero-order valence-corrected chi connectivity index (χ0v) is 19.5. The molecule has 3 heterocycles. The number of ether oxygens (including phenoxy) is 3. The molecule has 34 heavy (non-hydrogen) atoms. The molecular formula is C26H27N3O5. The summed E-state index contributed by atoms with van der Waals surface area (Å²) in [5, 5.41) is 1.19. The van der Waals surface area contributed by atoms with Crippen LogP contribution < -0.4 is 19.6 Å². The first-order valence-corrected chi connectivity index (χ1v) is 11.4. The van der Waals surface area contributed by atoms with Gasteiger partial charge in [-0.25, -0.2) is 9.97 Å². The van der Waals surface area contributed by atoms with E-state index in [1.54, 1.807) is 32.2 Å². The molecule has 0 spiro atoms. The summed E-state index contributed by atoms with van der Waals surface area (Å²) < 4.78 is 23.5. The van der Waals surface area contributed by atoms with E-state index in [1.165, 1.54) is 12.4 Å². The number of hydrogen-bond acceptors (Lipinski definition) is 8. The Morgan fingerprint density at radius 1 is 1.06 bits per heavy atom. The quantitative estimate of drug-likeness (QED) is 0.413. The summed E-state index contributed by atoms with van der Waals surface area (Å²) in [6.07, 6.45) is 3.70. The van der Waals surface area contributed by atoms with Crippen LogP contribution in [-0.2, 0) is 0 Å². The monoisotopic (exact) mass is 461 g/mol. The van der Waals surface area contributed by atoms with Gasteiger partial charge in [-0.3, -0.25) is 4.79 Å². The Labute approximate surface area is 197 Å². The van der Waals surface area contributed by atoms with Crippen LogP contribution in [0.3, 0.4) is 0 Å². The maximum atomic E-state index is 12.2. The molecule has 8 heteroatoms. The maximum absolute atomic E-state index is 12.2. The van der Waals surface area contributed by atoms with E-state index < -0.39 is 0 Å². The van der Waals surface area contributed by atoms with Crippen LogP contribution in [0.2, 0.25) is 0 Å². The van der Waals surface area contributed by atoms with E-state index in [0.717, 1.165) is 25.9 Å². The van der Waals surface area contributed by atoms with Crippen LogP contribution in [-0.4, -0.2) is 48.7 Å². The third kappa shape index (κ3) is 4.54. The van der Waals surface area contributed by atoms with Gasteiger partial charge in [0.15, 0.2) is 16.9 Å². The number of rotatable bonds is 6. The molecule has 4 aromatic rings. The topological polar surface area (TPSA) is 86.9 Å².